The number of aryl methyl sites for hydroxylation is 1. The zero-order chi connectivity index (χ0) is 15.4. The van der Waals surface area contributed by atoms with Crippen molar-refractivity contribution in [1.29, 1.82) is 0 Å². The van der Waals surface area contributed by atoms with E-state index in [1.54, 1.807) is 26.1 Å². The van der Waals surface area contributed by atoms with Crippen LogP contribution in [0.5, 0.6) is 0 Å². The molecule has 0 atom stereocenters. The van der Waals surface area contributed by atoms with E-state index in [1.807, 2.05) is 0 Å². The molecule has 1 amide bonds. The first-order valence-electron chi connectivity index (χ1n) is 6.47. The van der Waals surface area contributed by atoms with Crippen LogP contribution in [0.4, 0.5) is 20.2 Å². The molecule has 0 aliphatic carbocycles. The van der Waals surface area contributed by atoms with Gasteiger partial charge in [0, 0.05) is 18.3 Å². The summed E-state index contributed by atoms with van der Waals surface area (Å²) >= 11 is 0. The predicted octanol–water partition coefficient (Wildman–Crippen LogP) is 3.35. The lowest BCUT2D eigenvalue weighted by atomic mass is 10.1. The molecule has 0 aliphatic heterocycles. The monoisotopic (exact) mass is 291 g/mol. The standard InChI is InChI=1S/C15H15F2N3O/c1-3-19-14-11(16)6-10(7-12(14)17)15(21)20-13-8-18-5-4-9(13)2/h4-8,19H,3H2,1-2H3,(H,20,21). The third-order valence-electron chi connectivity index (χ3n) is 2.95. The minimum absolute atomic E-state index is 0.0880. The van der Waals surface area contributed by atoms with Crippen molar-refractivity contribution >= 4 is 17.3 Å². The van der Waals surface area contributed by atoms with Crippen LogP contribution >= 0.6 is 0 Å². The Morgan fingerprint density at radius 1 is 1.29 bits per heavy atom. The lowest BCUT2D eigenvalue weighted by Gasteiger charge is -2.10. The Bertz CT molecular complexity index is 651. The number of nitrogens with one attached hydrogen (secondary N) is 2. The van der Waals surface area contributed by atoms with Crippen molar-refractivity contribution in [2.24, 2.45) is 0 Å². The number of amides is 1. The lowest BCUT2D eigenvalue weighted by molar-refractivity contribution is 0.102. The Morgan fingerprint density at radius 2 is 1.95 bits per heavy atom. The Morgan fingerprint density at radius 3 is 2.52 bits per heavy atom. The number of aromatic nitrogens is 1. The molecule has 1 aromatic heterocycles. The highest BCUT2D eigenvalue weighted by molar-refractivity contribution is 6.04. The van der Waals surface area contributed by atoms with Crippen LogP contribution in [0.1, 0.15) is 22.8 Å². The molecule has 1 aromatic carbocycles. The van der Waals surface area contributed by atoms with Gasteiger partial charge in [0.25, 0.3) is 5.91 Å². The molecule has 2 aromatic rings. The van der Waals surface area contributed by atoms with Gasteiger partial charge in [-0.2, -0.15) is 0 Å². The fraction of sp³-hybridized carbons (Fsp3) is 0.200. The lowest BCUT2D eigenvalue weighted by Crippen LogP contribution is -2.14. The number of anilines is 2. The second kappa shape index (κ2) is 6.30. The zero-order valence-electron chi connectivity index (χ0n) is 11.7. The van der Waals surface area contributed by atoms with Gasteiger partial charge >= 0.3 is 0 Å². The molecular weight excluding hydrogens is 276 g/mol. The van der Waals surface area contributed by atoms with Crippen LogP contribution in [-0.2, 0) is 0 Å². The van der Waals surface area contributed by atoms with E-state index in [0.29, 0.717) is 12.2 Å². The van der Waals surface area contributed by atoms with Gasteiger partial charge in [0.05, 0.1) is 11.9 Å². The van der Waals surface area contributed by atoms with E-state index in [1.165, 1.54) is 6.20 Å². The first-order valence-corrected chi connectivity index (χ1v) is 6.47. The van der Waals surface area contributed by atoms with Gasteiger partial charge in [0.1, 0.15) is 17.3 Å². The Hall–Kier alpha value is -2.50. The molecule has 0 fully saturated rings. The van der Waals surface area contributed by atoms with E-state index in [0.717, 1.165) is 17.7 Å². The molecule has 0 unspecified atom stereocenters. The Balaban J connectivity index is 2.26. The number of carbonyl (C=O) groups excluding carboxylic acids is 1. The van der Waals surface area contributed by atoms with Crippen molar-refractivity contribution in [3.63, 3.8) is 0 Å². The van der Waals surface area contributed by atoms with Crippen LogP contribution in [0, 0.1) is 18.6 Å². The second-order valence-corrected chi connectivity index (χ2v) is 4.49. The summed E-state index contributed by atoms with van der Waals surface area (Å²) in [5.74, 6) is -2.19. The molecule has 0 aliphatic rings. The number of pyridine rings is 1. The van der Waals surface area contributed by atoms with Gasteiger partial charge in [-0.25, -0.2) is 8.78 Å². The van der Waals surface area contributed by atoms with E-state index >= 15 is 0 Å². The van der Waals surface area contributed by atoms with Gasteiger partial charge in [-0.05, 0) is 37.6 Å². The number of hydrogen-bond acceptors (Lipinski definition) is 3. The highest BCUT2D eigenvalue weighted by Crippen LogP contribution is 2.21. The molecule has 4 nitrogen and oxygen atoms in total. The zero-order valence-corrected chi connectivity index (χ0v) is 11.7. The van der Waals surface area contributed by atoms with Crippen LogP contribution < -0.4 is 10.6 Å². The quantitative estimate of drug-likeness (QED) is 0.908. The van der Waals surface area contributed by atoms with E-state index in [4.69, 9.17) is 0 Å². The van der Waals surface area contributed by atoms with Crippen LogP contribution in [-0.4, -0.2) is 17.4 Å². The van der Waals surface area contributed by atoms with Crippen molar-refractivity contribution in [2.45, 2.75) is 13.8 Å². The maximum atomic E-state index is 13.8. The predicted molar refractivity (Wildman–Crippen MR) is 77.4 cm³/mol. The average Bonchev–Trinajstić information content (AvgIpc) is 2.45. The van der Waals surface area contributed by atoms with Crippen LogP contribution in [0.15, 0.2) is 30.6 Å². The molecule has 0 saturated heterocycles. The average molecular weight is 291 g/mol. The maximum Gasteiger partial charge on any atom is 0.255 e. The van der Waals surface area contributed by atoms with Crippen molar-refractivity contribution < 1.29 is 13.6 Å². The summed E-state index contributed by atoms with van der Waals surface area (Å²) in [6.07, 6.45) is 3.07. The Kier molecular flexibility index (Phi) is 4.47. The molecule has 6 heteroatoms. The first-order chi connectivity index (χ1) is 10.0. The van der Waals surface area contributed by atoms with E-state index < -0.39 is 17.5 Å². The smallest absolute Gasteiger partial charge is 0.255 e. The Labute approximate surface area is 121 Å². The van der Waals surface area contributed by atoms with Gasteiger partial charge in [-0.1, -0.05) is 0 Å². The molecular formula is C15H15F2N3O. The molecule has 1 heterocycles. The van der Waals surface area contributed by atoms with E-state index in [-0.39, 0.29) is 11.3 Å². The van der Waals surface area contributed by atoms with Crippen LogP contribution in [0.2, 0.25) is 0 Å². The highest BCUT2D eigenvalue weighted by atomic mass is 19.1. The fourth-order valence-electron chi connectivity index (χ4n) is 1.84. The van der Waals surface area contributed by atoms with Crippen molar-refractivity contribution in [1.82, 2.24) is 4.98 Å². The minimum atomic E-state index is -0.801. The number of halogens is 2. The SMILES string of the molecule is CCNc1c(F)cc(C(=O)Nc2cnccc2C)cc1F. The third-order valence-corrected chi connectivity index (χ3v) is 2.95. The van der Waals surface area contributed by atoms with Gasteiger partial charge in [0.2, 0.25) is 0 Å². The summed E-state index contributed by atoms with van der Waals surface area (Å²) in [6.45, 7) is 3.91. The second-order valence-electron chi connectivity index (χ2n) is 4.49. The molecule has 0 bridgehead atoms. The van der Waals surface area contributed by atoms with Crippen LogP contribution in [0.3, 0.4) is 0 Å². The fourth-order valence-corrected chi connectivity index (χ4v) is 1.84. The summed E-state index contributed by atoms with van der Waals surface area (Å²) in [5.41, 5.74) is 0.990. The van der Waals surface area contributed by atoms with Gasteiger partial charge in [0.15, 0.2) is 0 Å². The van der Waals surface area contributed by atoms with E-state index in [9.17, 15) is 13.6 Å². The van der Waals surface area contributed by atoms with E-state index in [2.05, 4.69) is 15.6 Å². The summed E-state index contributed by atoms with van der Waals surface area (Å²) in [6, 6.07) is 3.73. The molecule has 110 valence electrons. The number of benzene rings is 1. The van der Waals surface area contributed by atoms with Gasteiger partial charge in [-0.3, -0.25) is 9.78 Å². The summed E-state index contributed by atoms with van der Waals surface area (Å²) in [7, 11) is 0. The summed E-state index contributed by atoms with van der Waals surface area (Å²) < 4.78 is 27.6. The van der Waals surface area contributed by atoms with Crippen molar-refractivity contribution in [3.05, 3.63) is 53.4 Å². The normalized spacial score (nSPS) is 10.3. The summed E-state index contributed by atoms with van der Waals surface area (Å²) in [4.78, 5) is 15.9. The number of carbonyl (C=O) groups is 1. The minimum Gasteiger partial charge on any atom is -0.381 e. The molecule has 21 heavy (non-hydrogen) atoms. The largest absolute Gasteiger partial charge is 0.381 e. The first kappa shape index (κ1) is 14.9. The van der Waals surface area contributed by atoms with Crippen molar-refractivity contribution in [2.75, 3.05) is 17.2 Å². The number of hydrogen-bond donors (Lipinski definition) is 2. The third kappa shape index (κ3) is 3.34. The number of nitrogens with zero attached hydrogens (tertiary/aromatic N) is 1. The molecule has 0 spiro atoms. The molecule has 2 rings (SSSR count). The summed E-state index contributed by atoms with van der Waals surface area (Å²) in [5, 5.41) is 5.15. The molecule has 0 radical (unpaired) electrons. The topological polar surface area (TPSA) is 54.0 Å². The highest BCUT2D eigenvalue weighted by Gasteiger charge is 2.15. The molecule has 0 saturated carbocycles. The van der Waals surface area contributed by atoms with Crippen molar-refractivity contribution in [3.8, 4) is 0 Å². The van der Waals surface area contributed by atoms with Crippen LogP contribution in [0.25, 0.3) is 0 Å². The molecule has 2 N–H and O–H groups in total. The maximum absolute atomic E-state index is 13.8. The van der Waals surface area contributed by atoms with Gasteiger partial charge in [-0.15, -0.1) is 0 Å². The number of rotatable bonds is 4. The van der Waals surface area contributed by atoms with Gasteiger partial charge < -0.3 is 10.6 Å².